The Morgan fingerprint density at radius 1 is 0.769 bits per heavy atom. The van der Waals surface area contributed by atoms with Crippen molar-refractivity contribution < 1.29 is 0 Å². The van der Waals surface area contributed by atoms with Crippen LogP contribution in [-0.2, 0) is 0 Å². The van der Waals surface area contributed by atoms with Crippen LogP contribution in [-0.4, -0.2) is 19.9 Å². The van der Waals surface area contributed by atoms with Gasteiger partial charge in [0.2, 0.25) is 0 Å². The highest BCUT2D eigenvalue weighted by Gasteiger charge is 2.07. The summed E-state index contributed by atoms with van der Waals surface area (Å²) in [5, 5.41) is 1.18. The van der Waals surface area contributed by atoms with Gasteiger partial charge in [-0.15, -0.1) is 0 Å². The van der Waals surface area contributed by atoms with E-state index in [0.29, 0.717) is 5.65 Å². The number of aromatic nitrogens is 4. The molecule has 124 valence electrons. The van der Waals surface area contributed by atoms with Crippen molar-refractivity contribution in [3.63, 3.8) is 0 Å². The lowest BCUT2D eigenvalue weighted by atomic mass is 10.1. The molecule has 2 aromatic carbocycles. The molecule has 3 aromatic heterocycles. The summed E-state index contributed by atoms with van der Waals surface area (Å²) >= 11 is 0. The molecule has 0 unspecified atom stereocenters. The topological polar surface area (TPSA) is 54.5 Å². The van der Waals surface area contributed by atoms with Crippen LogP contribution in [0, 0.1) is 6.92 Å². The maximum absolute atomic E-state index is 4.67. The summed E-state index contributed by atoms with van der Waals surface area (Å²) in [7, 11) is 0. The minimum absolute atomic E-state index is 0.662. The predicted octanol–water partition coefficient (Wildman–Crippen LogP) is 5.15. The summed E-state index contributed by atoms with van der Waals surface area (Å²) in [4.78, 5) is 17.0. The SMILES string of the molecule is Cc1ccc(-c2cnc3cc(-c4ccc5[nH]ccc5c4)cnc3n2)cc1. The van der Waals surface area contributed by atoms with Gasteiger partial charge in [-0.1, -0.05) is 35.9 Å². The average molecular weight is 336 g/mol. The fourth-order valence-electron chi connectivity index (χ4n) is 3.15. The van der Waals surface area contributed by atoms with Crippen molar-refractivity contribution in [3.8, 4) is 22.4 Å². The van der Waals surface area contributed by atoms with Crippen molar-refractivity contribution in [2.75, 3.05) is 0 Å². The standard InChI is InChI=1S/C22H16N4/c1-14-2-4-15(5-3-14)21-13-24-20-11-18(12-25-22(20)26-21)16-6-7-19-17(10-16)8-9-23-19/h2-13,23H,1H3. The van der Waals surface area contributed by atoms with Crippen molar-refractivity contribution in [2.24, 2.45) is 0 Å². The maximum atomic E-state index is 4.67. The number of benzene rings is 2. The Morgan fingerprint density at radius 3 is 2.50 bits per heavy atom. The Hall–Kier alpha value is -3.53. The highest BCUT2D eigenvalue weighted by Crippen LogP contribution is 2.26. The number of hydrogen-bond acceptors (Lipinski definition) is 3. The van der Waals surface area contributed by atoms with E-state index in [2.05, 4.69) is 75.4 Å². The van der Waals surface area contributed by atoms with Gasteiger partial charge in [-0.05, 0) is 42.1 Å². The molecule has 0 atom stereocenters. The lowest BCUT2D eigenvalue weighted by Crippen LogP contribution is -1.92. The molecular formula is C22H16N4. The third-order valence-electron chi connectivity index (χ3n) is 4.63. The van der Waals surface area contributed by atoms with E-state index in [4.69, 9.17) is 0 Å². The summed E-state index contributed by atoms with van der Waals surface area (Å²) in [6.45, 7) is 2.07. The maximum Gasteiger partial charge on any atom is 0.178 e. The van der Waals surface area contributed by atoms with E-state index in [1.165, 1.54) is 10.9 Å². The van der Waals surface area contributed by atoms with Crippen molar-refractivity contribution in [3.05, 3.63) is 78.8 Å². The third kappa shape index (κ3) is 2.52. The molecule has 1 N–H and O–H groups in total. The van der Waals surface area contributed by atoms with E-state index >= 15 is 0 Å². The zero-order chi connectivity index (χ0) is 17.5. The molecule has 26 heavy (non-hydrogen) atoms. The van der Waals surface area contributed by atoms with Crippen LogP contribution in [0.1, 0.15) is 5.56 Å². The zero-order valence-corrected chi connectivity index (χ0v) is 14.3. The number of rotatable bonds is 2. The summed E-state index contributed by atoms with van der Waals surface area (Å²) in [6.07, 6.45) is 5.63. The summed E-state index contributed by atoms with van der Waals surface area (Å²) in [5.74, 6) is 0. The molecule has 0 fully saturated rings. The molecule has 0 bridgehead atoms. The Kier molecular flexibility index (Phi) is 3.28. The molecule has 5 aromatic rings. The molecule has 4 heteroatoms. The van der Waals surface area contributed by atoms with Crippen LogP contribution in [0.25, 0.3) is 44.5 Å². The predicted molar refractivity (Wildman–Crippen MR) is 105 cm³/mol. The molecule has 3 heterocycles. The summed E-state index contributed by atoms with van der Waals surface area (Å²) < 4.78 is 0. The molecule has 0 radical (unpaired) electrons. The number of aryl methyl sites for hydroxylation is 1. The fourth-order valence-corrected chi connectivity index (χ4v) is 3.15. The third-order valence-corrected chi connectivity index (χ3v) is 4.63. The first-order valence-electron chi connectivity index (χ1n) is 8.54. The Bertz CT molecular complexity index is 1240. The highest BCUT2D eigenvalue weighted by molar-refractivity contribution is 5.86. The largest absolute Gasteiger partial charge is 0.361 e. The number of H-pyrrole nitrogens is 1. The lowest BCUT2D eigenvalue weighted by Gasteiger charge is -2.05. The van der Waals surface area contributed by atoms with Gasteiger partial charge >= 0.3 is 0 Å². The summed E-state index contributed by atoms with van der Waals surface area (Å²) in [5.41, 5.74) is 7.87. The number of fused-ring (bicyclic) bond motifs is 2. The van der Waals surface area contributed by atoms with E-state index in [-0.39, 0.29) is 0 Å². The number of aromatic amines is 1. The zero-order valence-electron chi connectivity index (χ0n) is 14.3. The molecule has 0 saturated heterocycles. The number of nitrogens with one attached hydrogen (secondary N) is 1. The quantitative estimate of drug-likeness (QED) is 0.485. The van der Waals surface area contributed by atoms with Crippen LogP contribution < -0.4 is 0 Å². The molecule has 0 saturated carbocycles. The van der Waals surface area contributed by atoms with Gasteiger partial charge in [-0.3, -0.25) is 4.98 Å². The Labute approximate surface area is 150 Å². The monoisotopic (exact) mass is 336 g/mol. The van der Waals surface area contributed by atoms with Crippen molar-refractivity contribution in [1.82, 2.24) is 19.9 Å². The van der Waals surface area contributed by atoms with Gasteiger partial charge in [0, 0.05) is 29.0 Å². The Balaban J connectivity index is 1.57. The smallest absolute Gasteiger partial charge is 0.178 e. The second-order valence-electron chi connectivity index (χ2n) is 6.47. The van der Waals surface area contributed by atoms with Crippen molar-refractivity contribution >= 4 is 22.1 Å². The lowest BCUT2D eigenvalue weighted by molar-refractivity contribution is 1.23. The minimum atomic E-state index is 0.662. The minimum Gasteiger partial charge on any atom is -0.361 e. The van der Waals surface area contributed by atoms with E-state index in [9.17, 15) is 0 Å². The van der Waals surface area contributed by atoms with Crippen LogP contribution in [0.3, 0.4) is 0 Å². The molecule has 0 spiro atoms. The first kappa shape index (κ1) is 14.8. The molecule has 0 aliphatic heterocycles. The summed E-state index contributed by atoms with van der Waals surface area (Å²) in [6, 6.07) is 18.7. The molecule has 0 aliphatic carbocycles. The number of nitrogens with zero attached hydrogens (tertiary/aromatic N) is 3. The van der Waals surface area contributed by atoms with Gasteiger partial charge in [0.15, 0.2) is 5.65 Å². The van der Waals surface area contributed by atoms with Gasteiger partial charge in [-0.25, -0.2) is 9.97 Å². The van der Waals surface area contributed by atoms with Crippen LogP contribution in [0.2, 0.25) is 0 Å². The molecule has 0 aliphatic rings. The first-order chi connectivity index (χ1) is 12.8. The van der Waals surface area contributed by atoms with Gasteiger partial charge < -0.3 is 4.98 Å². The van der Waals surface area contributed by atoms with Crippen LogP contribution in [0.5, 0.6) is 0 Å². The first-order valence-corrected chi connectivity index (χ1v) is 8.54. The molecule has 5 rings (SSSR count). The van der Waals surface area contributed by atoms with E-state index < -0.39 is 0 Å². The molecule has 4 nitrogen and oxygen atoms in total. The van der Waals surface area contributed by atoms with Crippen LogP contribution >= 0.6 is 0 Å². The highest BCUT2D eigenvalue weighted by atomic mass is 14.9. The molecular weight excluding hydrogens is 320 g/mol. The van der Waals surface area contributed by atoms with Gasteiger partial charge in [0.05, 0.1) is 11.9 Å². The average Bonchev–Trinajstić information content (AvgIpc) is 3.15. The van der Waals surface area contributed by atoms with Gasteiger partial charge in [-0.2, -0.15) is 0 Å². The van der Waals surface area contributed by atoms with E-state index in [1.807, 2.05) is 24.7 Å². The second kappa shape index (κ2) is 5.77. The molecule has 0 amide bonds. The fraction of sp³-hybridized carbons (Fsp3) is 0.0455. The van der Waals surface area contributed by atoms with Gasteiger partial charge in [0.1, 0.15) is 5.52 Å². The number of hydrogen-bond donors (Lipinski definition) is 1. The van der Waals surface area contributed by atoms with Crippen molar-refractivity contribution in [2.45, 2.75) is 6.92 Å². The van der Waals surface area contributed by atoms with E-state index in [1.54, 1.807) is 0 Å². The second-order valence-corrected chi connectivity index (χ2v) is 6.47. The van der Waals surface area contributed by atoms with Crippen LogP contribution in [0.15, 0.2) is 73.2 Å². The Morgan fingerprint density at radius 2 is 1.62 bits per heavy atom. The van der Waals surface area contributed by atoms with Gasteiger partial charge in [0.25, 0.3) is 0 Å². The number of pyridine rings is 1. The normalized spacial score (nSPS) is 11.3. The van der Waals surface area contributed by atoms with Crippen molar-refractivity contribution in [1.29, 1.82) is 0 Å². The van der Waals surface area contributed by atoms with E-state index in [0.717, 1.165) is 33.4 Å². The van der Waals surface area contributed by atoms with Crippen LogP contribution in [0.4, 0.5) is 0 Å².